The van der Waals surface area contributed by atoms with Crippen molar-refractivity contribution >= 4 is 0 Å². The molecule has 13 heavy (non-hydrogen) atoms. The van der Waals surface area contributed by atoms with Crippen LogP contribution < -0.4 is 0 Å². The second kappa shape index (κ2) is 2.51. The molecule has 0 atom stereocenters. The summed E-state index contributed by atoms with van der Waals surface area (Å²) in [5, 5.41) is 9.61. The second-order valence-corrected chi connectivity index (χ2v) is 3.60. The van der Waals surface area contributed by atoms with Crippen LogP contribution in [0.3, 0.4) is 0 Å². The van der Waals surface area contributed by atoms with Crippen molar-refractivity contribution in [1.29, 1.82) is 0 Å². The van der Waals surface area contributed by atoms with E-state index in [0.29, 0.717) is 18.4 Å². The van der Waals surface area contributed by atoms with Gasteiger partial charge in [-0.05, 0) is 37.5 Å². The zero-order valence-corrected chi connectivity index (χ0v) is 7.27. The second-order valence-electron chi connectivity index (χ2n) is 3.60. The molecule has 1 aliphatic rings. The van der Waals surface area contributed by atoms with Gasteiger partial charge in [0.1, 0.15) is 11.6 Å². The molecule has 1 nitrogen and oxygen atoms in total. The lowest BCUT2D eigenvalue weighted by Crippen LogP contribution is -2.06. The van der Waals surface area contributed by atoms with Gasteiger partial charge in [-0.2, -0.15) is 0 Å². The van der Waals surface area contributed by atoms with Crippen molar-refractivity contribution in [2.45, 2.75) is 25.4 Å². The summed E-state index contributed by atoms with van der Waals surface area (Å²) in [6, 6.07) is 2.43. The van der Waals surface area contributed by atoms with E-state index in [1.807, 2.05) is 0 Å². The summed E-state index contributed by atoms with van der Waals surface area (Å²) >= 11 is 0. The first-order valence-corrected chi connectivity index (χ1v) is 4.21. The smallest absolute Gasteiger partial charge is 0.129 e. The average Bonchev–Trinajstić information content (AvgIpc) is 2.80. The van der Waals surface area contributed by atoms with Gasteiger partial charge in [0.05, 0.1) is 5.60 Å². The molecular formula is C10H10F2O. The first-order chi connectivity index (χ1) is 6.03. The Hall–Kier alpha value is -0.960. The Morgan fingerprint density at radius 1 is 1.23 bits per heavy atom. The van der Waals surface area contributed by atoms with Crippen LogP contribution in [0.5, 0.6) is 0 Å². The van der Waals surface area contributed by atoms with Gasteiger partial charge < -0.3 is 5.11 Å². The first kappa shape index (κ1) is 8.63. The number of hydrogen-bond donors (Lipinski definition) is 1. The molecule has 70 valence electrons. The minimum atomic E-state index is -0.963. The van der Waals surface area contributed by atoms with Crippen molar-refractivity contribution in [2.75, 3.05) is 0 Å². The number of rotatable bonds is 1. The van der Waals surface area contributed by atoms with Crippen LogP contribution in [0.25, 0.3) is 0 Å². The summed E-state index contributed by atoms with van der Waals surface area (Å²) in [6.45, 7) is 1.38. The molecule has 1 aromatic rings. The number of halogens is 2. The summed E-state index contributed by atoms with van der Waals surface area (Å²) in [5.74, 6) is -1.18. The Bertz CT molecular complexity index is 333. The maximum atomic E-state index is 13.0. The van der Waals surface area contributed by atoms with Crippen molar-refractivity contribution in [2.24, 2.45) is 0 Å². The van der Waals surface area contributed by atoms with Gasteiger partial charge in [-0.3, -0.25) is 0 Å². The molecule has 0 unspecified atom stereocenters. The number of hydrogen-bond acceptors (Lipinski definition) is 1. The fourth-order valence-corrected chi connectivity index (χ4v) is 1.32. The van der Waals surface area contributed by atoms with E-state index in [9.17, 15) is 13.9 Å². The normalized spacial score (nSPS) is 18.8. The Kier molecular flexibility index (Phi) is 1.67. The maximum absolute atomic E-state index is 13.0. The van der Waals surface area contributed by atoms with Crippen LogP contribution in [0, 0.1) is 18.6 Å². The lowest BCUT2D eigenvalue weighted by atomic mass is 10.0. The molecule has 1 N–H and O–H groups in total. The fraction of sp³-hybridized carbons (Fsp3) is 0.400. The third-order valence-corrected chi connectivity index (χ3v) is 2.54. The quantitative estimate of drug-likeness (QED) is 0.709. The van der Waals surface area contributed by atoms with Crippen LogP contribution in [-0.2, 0) is 5.60 Å². The largest absolute Gasteiger partial charge is 0.385 e. The van der Waals surface area contributed by atoms with E-state index in [1.165, 1.54) is 19.1 Å². The molecule has 0 spiro atoms. The molecule has 1 saturated carbocycles. The molecule has 1 aromatic carbocycles. The van der Waals surface area contributed by atoms with Crippen molar-refractivity contribution in [1.82, 2.24) is 0 Å². The van der Waals surface area contributed by atoms with E-state index >= 15 is 0 Å². The standard InChI is InChI=1S/C10H10F2O/c1-6-8(11)4-7(5-9(6)12)10(13)2-3-10/h4-5,13H,2-3H2,1H3. The summed E-state index contributed by atoms with van der Waals surface area (Å²) in [4.78, 5) is 0. The van der Waals surface area contributed by atoms with Crippen molar-refractivity contribution in [3.05, 3.63) is 34.9 Å². The number of aliphatic hydroxyl groups is 1. The van der Waals surface area contributed by atoms with E-state index in [4.69, 9.17) is 0 Å². The molecule has 0 heterocycles. The predicted molar refractivity (Wildman–Crippen MR) is 44.2 cm³/mol. The molecule has 0 radical (unpaired) electrons. The minimum Gasteiger partial charge on any atom is -0.385 e. The Morgan fingerprint density at radius 2 is 1.69 bits per heavy atom. The molecule has 1 aliphatic carbocycles. The van der Waals surface area contributed by atoms with Crippen LogP contribution in [0.15, 0.2) is 12.1 Å². The van der Waals surface area contributed by atoms with E-state index in [2.05, 4.69) is 0 Å². The van der Waals surface area contributed by atoms with Gasteiger partial charge in [0.25, 0.3) is 0 Å². The topological polar surface area (TPSA) is 20.2 Å². The molecule has 2 rings (SSSR count). The Morgan fingerprint density at radius 3 is 2.08 bits per heavy atom. The zero-order valence-electron chi connectivity index (χ0n) is 7.27. The van der Waals surface area contributed by atoms with Crippen LogP contribution >= 0.6 is 0 Å². The molecule has 0 aromatic heterocycles. The van der Waals surface area contributed by atoms with E-state index < -0.39 is 17.2 Å². The lowest BCUT2D eigenvalue weighted by molar-refractivity contribution is 0.150. The lowest BCUT2D eigenvalue weighted by Gasteiger charge is -2.09. The summed E-state index contributed by atoms with van der Waals surface area (Å²) in [5.41, 5.74) is -0.601. The monoisotopic (exact) mass is 184 g/mol. The highest BCUT2D eigenvalue weighted by atomic mass is 19.1. The van der Waals surface area contributed by atoms with Crippen LogP contribution in [0.4, 0.5) is 8.78 Å². The minimum absolute atomic E-state index is 0.00741. The first-order valence-electron chi connectivity index (χ1n) is 4.21. The summed E-state index contributed by atoms with van der Waals surface area (Å²) < 4.78 is 26.1. The van der Waals surface area contributed by atoms with Gasteiger partial charge in [-0.15, -0.1) is 0 Å². The molecule has 0 saturated heterocycles. The van der Waals surface area contributed by atoms with Crippen molar-refractivity contribution < 1.29 is 13.9 Å². The Balaban J connectivity index is 2.50. The van der Waals surface area contributed by atoms with Gasteiger partial charge in [0, 0.05) is 5.56 Å². The van der Waals surface area contributed by atoms with Crippen LogP contribution in [0.2, 0.25) is 0 Å². The van der Waals surface area contributed by atoms with E-state index in [-0.39, 0.29) is 5.56 Å². The third-order valence-electron chi connectivity index (χ3n) is 2.54. The molecule has 3 heteroatoms. The highest BCUT2D eigenvalue weighted by Gasteiger charge is 2.42. The maximum Gasteiger partial charge on any atom is 0.129 e. The third kappa shape index (κ3) is 1.33. The summed E-state index contributed by atoms with van der Waals surface area (Å²) in [7, 11) is 0. The van der Waals surface area contributed by atoms with E-state index in [0.717, 1.165) is 0 Å². The van der Waals surface area contributed by atoms with Crippen molar-refractivity contribution in [3.8, 4) is 0 Å². The zero-order chi connectivity index (χ0) is 9.64. The molecule has 1 fully saturated rings. The van der Waals surface area contributed by atoms with Crippen LogP contribution in [-0.4, -0.2) is 5.11 Å². The predicted octanol–water partition coefficient (Wildman–Crippen LogP) is 2.25. The highest BCUT2D eigenvalue weighted by molar-refractivity contribution is 5.32. The summed E-state index contributed by atoms with van der Waals surface area (Å²) in [6.07, 6.45) is 1.18. The van der Waals surface area contributed by atoms with Gasteiger partial charge >= 0.3 is 0 Å². The van der Waals surface area contributed by atoms with Gasteiger partial charge in [0.2, 0.25) is 0 Å². The van der Waals surface area contributed by atoms with Crippen molar-refractivity contribution in [3.63, 3.8) is 0 Å². The Labute approximate surface area is 75.0 Å². The molecular weight excluding hydrogens is 174 g/mol. The highest BCUT2D eigenvalue weighted by Crippen LogP contribution is 2.45. The van der Waals surface area contributed by atoms with Crippen LogP contribution in [0.1, 0.15) is 24.0 Å². The molecule has 0 bridgehead atoms. The van der Waals surface area contributed by atoms with Gasteiger partial charge in [-0.1, -0.05) is 0 Å². The SMILES string of the molecule is Cc1c(F)cc(C2(O)CC2)cc1F. The number of benzene rings is 1. The fourth-order valence-electron chi connectivity index (χ4n) is 1.32. The molecule has 0 aliphatic heterocycles. The van der Waals surface area contributed by atoms with Gasteiger partial charge in [0.15, 0.2) is 0 Å². The average molecular weight is 184 g/mol. The van der Waals surface area contributed by atoms with E-state index in [1.54, 1.807) is 0 Å². The molecule has 0 amide bonds. The van der Waals surface area contributed by atoms with Gasteiger partial charge in [-0.25, -0.2) is 8.78 Å².